The van der Waals surface area contributed by atoms with E-state index in [-0.39, 0.29) is 0 Å². The topological polar surface area (TPSA) is 158 Å². The van der Waals surface area contributed by atoms with Crippen molar-refractivity contribution in [3.05, 3.63) is 0 Å². The van der Waals surface area contributed by atoms with Crippen molar-refractivity contribution in [3.63, 3.8) is 0 Å². The van der Waals surface area contributed by atoms with Gasteiger partial charge in [0.2, 0.25) is 6.79 Å². The van der Waals surface area contributed by atoms with Crippen molar-refractivity contribution in [2.75, 3.05) is 6.79 Å². The minimum absolute atomic E-state index is 1.05. The zero-order valence-corrected chi connectivity index (χ0v) is 9.95. The van der Waals surface area contributed by atoms with E-state index in [1.165, 1.54) is 0 Å². The van der Waals surface area contributed by atoms with Gasteiger partial charge in [-0.05, 0) is 0 Å². The first kappa shape index (κ1) is 13.7. The van der Waals surface area contributed by atoms with Gasteiger partial charge in [0.15, 0.2) is 0 Å². The van der Waals surface area contributed by atoms with Crippen LogP contribution in [-0.4, -0.2) is 42.6 Å². The number of hydrogen-bond acceptors (Lipinski definition) is 12. The van der Waals surface area contributed by atoms with Crippen molar-refractivity contribution >= 4 is 44.0 Å². The summed E-state index contributed by atoms with van der Waals surface area (Å²) in [6, 6.07) is 0. The molecule has 0 unspecified atom stereocenters. The summed E-state index contributed by atoms with van der Waals surface area (Å²) in [6.45, 7) is -1.05. The molecule has 2 aliphatic rings. The molecule has 0 radical (unpaired) electrons. The smallest absolute Gasteiger partial charge is 0.419 e. The van der Waals surface area contributed by atoms with Gasteiger partial charge in [-0.2, -0.15) is 18.1 Å². The third-order valence-electron chi connectivity index (χ3n) is 1.66. The highest BCUT2D eigenvalue weighted by Gasteiger charge is 2.72. The third kappa shape index (κ3) is 2.49. The van der Waals surface area contributed by atoms with Gasteiger partial charge in [0.1, 0.15) is 0 Å². The van der Waals surface area contributed by atoms with Crippen LogP contribution in [0.25, 0.3) is 0 Å². The highest BCUT2D eigenvalue weighted by Crippen LogP contribution is 2.66. The summed E-state index contributed by atoms with van der Waals surface area (Å²) in [6.07, 6.45) is 0. The van der Waals surface area contributed by atoms with Crippen molar-refractivity contribution in [1.29, 1.82) is 0 Å². The Hall–Kier alpha value is -2.75. The molecule has 0 aliphatic carbocycles. The van der Waals surface area contributed by atoms with E-state index in [1.54, 1.807) is 0 Å². The maximum Gasteiger partial charge on any atom is 0.781 e. The molecule has 2 heterocycles. The van der Waals surface area contributed by atoms with Crippen molar-refractivity contribution in [3.8, 4) is 0 Å². The van der Waals surface area contributed by atoms with Crippen LogP contribution in [0.4, 0.5) is 0 Å². The Morgan fingerprint density at radius 3 is 1.20 bits per heavy atom. The van der Waals surface area contributed by atoms with Crippen LogP contribution in [0.5, 0.6) is 0 Å². The first-order valence-corrected chi connectivity index (χ1v) is 5.97. The molecule has 106 valence electrons. The molecule has 0 aromatic rings. The highest BCUT2D eigenvalue weighted by atomic mass is 31.2. The van der Waals surface area contributed by atoms with Gasteiger partial charge in [-0.1, -0.05) is 0 Å². The molecular weight excluding hydrogens is 307 g/mol. The third-order valence-corrected chi connectivity index (χ3v) is 3.22. The SMILES string of the molecule is O=C1OCOC(=O)C(=O)O[P+]2(OC1=O)OC(=O)C(=O)O2. The number of hydrogen-bond donors (Lipinski definition) is 0. The fraction of sp³-hybridized carbons (Fsp3) is 0.143. The predicted molar refractivity (Wildman–Crippen MR) is 48.3 cm³/mol. The van der Waals surface area contributed by atoms with E-state index in [4.69, 9.17) is 0 Å². The maximum atomic E-state index is 11.2. The standard InChI is InChI=1S/C7H2O12P/c8-2-4(10)16-20(18-6(12)7(13)19-20)17-5(11)3(9)15-1-14-2/h1H2/q+1. The molecule has 20 heavy (non-hydrogen) atoms. The predicted octanol–water partition coefficient (Wildman–Crippen LogP) is -2.09. The molecule has 0 atom stereocenters. The average molecular weight is 309 g/mol. The monoisotopic (exact) mass is 309 g/mol. The van der Waals surface area contributed by atoms with Gasteiger partial charge in [0, 0.05) is 0 Å². The van der Waals surface area contributed by atoms with E-state index >= 15 is 0 Å². The number of ether oxygens (including phenoxy) is 2. The Labute approximate surface area is 108 Å². The number of rotatable bonds is 0. The van der Waals surface area contributed by atoms with Crippen molar-refractivity contribution in [2.24, 2.45) is 0 Å². The lowest BCUT2D eigenvalue weighted by molar-refractivity contribution is -0.183. The number of carbonyl (C=O) groups is 6. The van der Waals surface area contributed by atoms with E-state index in [0.717, 1.165) is 0 Å². The lowest BCUT2D eigenvalue weighted by Gasteiger charge is -2.11. The van der Waals surface area contributed by atoms with Gasteiger partial charge < -0.3 is 9.47 Å². The van der Waals surface area contributed by atoms with Gasteiger partial charge in [0.05, 0.1) is 0 Å². The van der Waals surface area contributed by atoms with E-state index in [0.29, 0.717) is 0 Å². The molecule has 2 rings (SSSR count). The van der Waals surface area contributed by atoms with E-state index in [2.05, 4.69) is 27.6 Å². The molecule has 0 aromatic heterocycles. The van der Waals surface area contributed by atoms with Crippen molar-refractivity contribution in [1.82, 2.24) is 0 Å². The molecule has 0 N–H and O–H groups in total. The Bertz CT molecular complexity index is 500. The molecule has 0 amide bonds. The highest BCUT2D eigenvalue weighted by molar-refractivity contribution is 7.60. The molecule has 0 saturated carbocycles. The first-order valence-electron chi connectivity index (χ1n) is 4.51. The van der Waals surface area contributed by atoms with E-state index < -0.39 is 50.8 Å². The number of carbonyl (C=O) groups excluding carboxylic acids is 6. The molecule has 0 bridgehead atoms. The summed E-state index contributed by atoms with van der Waals surface area (Å²) in [5, 5.41) is 0. The van der Waals surface area contributed by atoms with Gasteiger partial charge in [0.25, 0.3) is 0 Å². The van der Waals surface area contributed by atoms with E-state index in [9.17, 15) is 28.8 Å². The normalized spacial score (nSPS) is 22.2. The van der Waals surface area contributed by atoms with Gasteiger partial charge in [-0.3, -0.25) is 0 Å². The molecule has 12 nitrogen and oxygen atoms in total. The molecule has 2 saturated heterocycles. The fourth-order valence-electron chi connectivity index (χ4n) is 0.921. The molecule has 2 aliphatic heterocycles. The van der Waals surface area contributed by atoms with Gasteiger partial charge in [-0.15, -0.1) is 0 Å². The summed E-state index contributed by atoms with van der Waals surface area (Å²) >= 11 is 0. The maximum absolute atomic E-state index is 11.2. The second-order valence-corrected chi connectivity index (χ2v) is 4.57. The van der Waals surface area contributed by atoms with Gasteiger partial charge in [-0.25, -0.2) is 28.8 Å². The lowest BCUT2D eigenvalue weighted by Crippen LogP contribution is -2.30. The summed E-state index contributed by atoms with van der Waals surface area (Å²) in [4.78, 5) is 66.3. The summed E-state index contributed by atoms with van der Waals surface area (Å²) in [5.41, 5.74) is 0. The van der Waals surface area contributed by atoms with Crippen LogP contribution in [-0.2, 0) is 56.3 Å². The van der Waals surface area contributed by atoms with Crippen LogP contribution < -0.4 is 0 Å². The summed E-state index contributed by atoms with van der Waals surface area (Å²) < 4.78 is 24.9. The van der Waals surface area contributed by atoms with Gasteiger partial charge >= 0.3 is 44.0 Å². The zero-order chi connectivity index (χ0) is 14.9. The Balaban J connectivity index is 2.31. The summed E-state index contributed by atoms with van der Waals surface area (Å²) in [7, 11) is -4.66. The molecular formula is C7H2O12P+. The van der Waals surface area contributed by atoms with Crippen LogP contribution in [0.1, 0.15) is 0 Å². The second-order valence-electron chi connectivity index (χ2n) is 2.94. The number of esters is 2. The number of cyclic esters (lactones) is 2. The summed E-state index contributed by atoms with van der Waals surface area (Å²) in [5.74, 6) is -10.2. The molecule has 0 aromatic carbocycles. The minimum atomic E-state index is -4.66. The van der Waals surface area contributed by atoms with Crippen molar-refractivity contribution in [2.45, 2.75) is 0 Å². The fourth-order valence-corrected chi connectivity index (χ4v) is 2.26. The Morgan fingerprint density at radius 2 is 0.850 bits per heavy atom. The van der Waals surface area contributed by atoms with Crippen LogP contribution in [0.2, 0.25) is 0 Å². The minimum Gasteiger partial charge on any atom is -0.419 e. The van der Waals surface area contributed by atoms with Crippen molar-refractivity contribution < 1.29 is 56.3 Å². The van der Waals surface area contributed by atoms with Crippen LogP contribution in [0.15, 0.2) is 0 Å². The first-order chi connectivity index (χ1) is 9.33. The molecule has 2 fully saturated rings. The average Bonchev–Trinajstić information content (AvgIpc) is 2.62. The Morgan fingerprint density at radius 1 is 0.550 bits per heavy atom. The lowest BCUT2D eigenvalue weighted by atomic mass is 10.7. The van der Waals surface area contributed by atoms with E-state index in [1.807, 2.05) is 0 Å². The van der Waals surface area contributed by atoms with Crippen LogP contribution >= 0.6 is 8.17 Å². The quantitative estimate of drug-likeness (QED) is 0.273. The molecule has 13 heteroatoms. The van der Waals surface area contributed by atoms with Crippen LogP contribution in [0, 0.1) is 0 Å². The van der Waals surface area contributed by atoms with Crippen LogP contribution in [0.3, 0.4) is 0 Å². The zero-order valence-electron chi connectivity index (χ0n) is 9.05. The second kappa shape index (κ2) is 4.74. The largest absolute Gasteiger partial charge is 0.781 e. The Kier molecular flexibility index (Phi) is 3.24. The molecule has 1 spiro atoms.